The third kappa shape index (κ3) is 5.48. The molecule has 1 heterocycles. The van der Waals surface area contributed by atoms with Gasteiger partial charge in [0.2, 0.25) is 11.9 Å². The number of para-hydroxylation sites is 2. The summed E-state index contributed by atoms with van der Waals surface area (Å²) in [5.41, 5.74) is 3.33. The normalized spacial score (nSPS) is 11.6. The van der Waals surface area contributed by atoms with Gasteiger partial charge < -0.3 is 15.0 Å². The first-order chi connectivity index (χ1) is 15.2. The van der Waals surface area contributed by atoms with Gasteiger partial charge in [-0.05, 0) is 23.3 Å². The molecule has 1 atom stereocenters. The molecule has 0 aliphatic carbocycles. The van der Waals surface area contributed by atoms with Gasteiger partial charge in [0.15, 0.2) is 0 Å². The van der Waals surface area contributed by atoms with Crippen molar-refractivity contribution in [2.45, 2.75) is 19.1 Å². The number of H-pyrrole nitrogens is 1. The second-order valence-corrected chi connectivity index (χ2v) is 7.04. The molecule has 0 bridgehead atoms. The van der Waals surface area contributed by atoms with Crippen molar-refractivity contribution in [1.29, 1.82) is 0 Å². The van der Waals surface area contributed by atoms with Gasteiger partial charge in [0.25, 0.3) is 0 Å². The molecule has 0 saturated heterocycles. The van der Waals surface area contributed by atoms with E-state index in [4.69, 9.17) is 4.74 Å². The highest BCUT2D eigenvalue weighted by Crippen LogP contribution is 2.14. The summed E-state index contributed by atoms with van der Waals surface area (Å²) >= 11 is 0. The lowest BCUT2D eigenvalue weighted by molar-refractivity contribution is -0.118. The summed E-state index contributed by atoms with van der Waals surface area (Å²) in [4.78, 5) is 32.8. The third-order valence-electron chi connectivity index (χ3n) is 4.73. The van der Waals surface area contributed by atoms with Crippen LogP contribution in [0.1, 0.15) is 11.1 Å². The zero-order valence-electron chi connectivity index (χ0n) is 16.7. The minimum absolute atomic E-state index is 0.121. The molecule has 0 unspecified atom stereocenters. The van der Waals surface area contributed by atoms with E-state index in [0.29, 0.717) is 12.4 Å². The quantitative estimate of drug-likeness (QED) is 0.425. The van der Waals surface area contributed by atoms with E-state index < -0.39 is 12.1 Å². The first kappa shape index (κ1) is 20.2. The Kier molecular flexibility index (Phi) is 6.23. The Morgan fingerprint density at radius 3 is 2.23 bits per heavy atom. The Balaban J connectivity index is 1.44. The first-order valence-electron chi connectivity index (χ1n) is 9.94. The average molecular weight is 414 g/mol. The lowest BCUT2D eigenvalue weighted by Gasteiger charge is -2.18. The molecule has 0 spiro atoms. The largest absolute Gasteiger partial charge is 0.445 e. The summed E-state index contributed by atoms with van der Waals surface area (Å²) in [5, 5.41) is 5.43. The Morgan fingerprint density at radius 1 is 0.871 bits per heavy atom. The van der Waals surface area contributed by atoms with Crippen LogP contribution in [0, 0.1) is 0 Å². The molecule has 3 aromatic carbocycles. The molecule has 0 aliphatic heterocycles. The third-order valence-corrected chi connectivity index (χ3v) is 4.73. The second kappa shape index (κ2) is 9.58. The summed E-state index contributed by atoms with van der Waals surface area (Å²) < 4.78 is 5.29. The lowest BCUT2D eigenvalue weighted by Crippen LogP contribution is -2.45. The number of carbonyl (C=O) groups is 2. The summed E-state index contributed by atoms with van der Waals surface area (Å²) in [5.74, 6) is -0.0664. The Hall–Kier alpha value is -4.13. The fraction of sp³-hybridized carbons (Fsp3) is 0.125. The van der Waals surface area contributed by atoms with Crippen LogP contribution >= 0.6 is 0 Å². The number of hydrogen-bond donors (Lipinski definition) is 3. The van der Waals surface area contributed by atoms with Crippen LogP contribution in [0.2, 0.25) is 0 Å². The number of fused-ring (bicyclic) bond motifs is 1. The number of nitrogens with zero attached hydrogens (tertiary/aromatic N) is 1. The topological polar surface area (TPSA) is 96.1 Å². The number of benzene rings is 3. The Bertz CT molecular complexity index is 1130. The van der Waals surface area contributed by atoms with Crippen LogP contribution in [0.4, 0.5) is 10.7 Å². The van der Waals surface area contributed by atoms with Crippen molar-refractivity contribution in [3.05, 3.63) is 96.1 Å². The number of nitrogens with one attached hydrogen (secondary N) is 3. The molecule has 156 valence electrons. The van der Waals surface area contributed by atoms with Gasteiger partial charge in [-0.1, -0.05) is 72.8 Å². The smallest absolute Gasteiger partial charge is 0.408 e. The number of aromatic amines is 1. The fourth-order valence-electron chi connectivity index (χ4n) is 3.18. The predicted octanol–water partition coefficient (Wildman–Crippen LogP) is 4.04. The standard InChI is InChI=1S/C24H22N4O3/c29-22(28-23-25-19-13-7-8-14-20(19)26-23)21(15-17-9-3-1-4-10-17)27-24(30)31-16-18-11-5-2-6-12-18/h1-14,21H,15-16H2,(H,27,30)(H2,25,26,28,29)/t21-/m0/s1. The molecular formula is C24H22N4O3. The van der Waals surface area contributed by atoms with Crippen LogP contribution in [-0.2, 0) is 22.6 Å². The van der Waals surface area contributed by atoms with E-state index in [1.807, 2.05) is 84.9 Å². The number of imidazole rings is 1. The van der Waals surface area contributed by atoms with Crippen LogP contribution in [0.25, 0.3) is 11.0 Å². The first-order valence-corrected chi connectivity index (χ1v) is 9.94. The fourth-order valence-corrected chi connectivity index (χ4v) is 3.18. The van der Waals surface area contributed by atoms with Crippen LogP contribution in [-0.4, -0.2) is 28.0 Å². The van der Waals surface area contributed by atoms with Gasteiger partial charge in [-0.15, -0.1) is 0 Å². The molecule has 0 fully saturated rings. The van der Waals surface area contributed by atoms with Crippen molar-refractivity contribution in [3.8, 4) is 0 Å². The van der Waals surface area contributed by atoms with Gasteiger partial charge in [-0.2, -0.15) is 0 Å². The van der Waals surface area contributed by atoms with Gasteiger partial charge >= 0.3 is 6.09 Å². The van der Waals surface area contributed by atoms with Crippen molar-refractivity contribution in [1.82, 2.24) is 15.3 Å². The zero-order valence-corrected chi connectivity index (χ0v) is 16.7. The van der Waals surface area contributed by atoms with Gasteiger partial charge in [-0.25, -0.2) is 9.78 Å². The maximum atomic E-state index is 13.0. The summed E-state index contributed by atoms with van der Waals surface area (Å²) in [7, 11) is 0. The van der Waals surface area contributed by atoms with Crippen molar-refractivity contribution in [2.24, 2.45) is 0 Å². The highest BCUT2D eigenvalue weighted by molar-refractivity contribution is 5.96. The summed E-state index contributed by atoms with van der Waals surface area (Å²) in [6.45, 7) is 0.121. The van der Waals surface area contributed by atoms with E-state index in [1.54, 1.807) is 0 Å². The van der Waals surface area contributed by atoms with Crippen molar-refractivity contribution < 1.29 is 14.3 Å². The number of rotatable bonds is 7. The van der Waals surface area contributed by atoms with E-state index in [0.717, 1.165) is 22.2 Å². The number of carbonyl (C=O) groups excluding carboxylic acids is 2. The molecular weight excluding hydrogens is 392 g/mol. The molecule has 2 amide bonds. The number of ether oxygens (including phenoxy) is 1. The minimum atomic E-state index is -0.834. The number of alkyl carbamates (subject to hydrolysis) is 1. The number of amides is 2. The molecule has 31 heavy (non-hydrogen) atoms. The van der Waals surface area contributed by atoms with E-state index in [-0.39, 0.29) is 12.5 Å². The van der Waals surface area contributed by atoms with Crippen molar-refractivity contribution >= 4 is 29.0 Å². The number of aromatic nitrogens is 2. The number of hydrogen-bond acceptors (Lipinski definition) is 4. The van der Waals surface area contributed by atoms with Crippen LogP contribution in [0.5, 0.6) is 0 Å². The monoisotopic (exact) mass is 414 g/mol. The molecule has 0 radical (unpaired) electrons. The SMILES string of the molecule is O=C(N[C@@H](Cc1ccccc1)C(=O)Nc1nc2ccccc2[nH]1)OCc1ccccc1. The number of anilines is 1. The second-order valence-electron chi connectivity index (χ2n) is 7.04. The van der Waals surface area contributed by atoms with Gasteiger partial charge in [0, 0.05) is 6.42 Å². The molecule has 0 saturated carbocycles. The van der Waals surface area contributed by atoms with Crippen LogP contribution < -0.4 is 10.6 Å². The van der Waals surface area contributed by atoms with Gasteiger partial charge in [0.1, 0.15) is 12.6 Å². The van der Waals surface area contributed by atoms with Crippen molar-refractivity contribution in [3.63, 3.8) is 0 Å². The molecule has 1 aromatic heterocycles. The Morgan fingerprint density at radius 2 is 1.52 bits per heavy atom. The molecule has 7 heteroatoms. The minimum Gasteiger partial charge on any atom is -0.445 e. The zero-order chi connectivity index (χ0) is 21.5. The van der Waals surface area contributed by atoms with Gasteiger partial charge in [0.05, 0.1) is 11.0 Å². The van der Waals surface area contributed by atoms with E-state index in [2.05, 4.69) is 20.6 Å². The van der Waals surface area contributed by atoms with E-state index in [9.17, 15) is 9.59 Å². The highest BCUT2D eigenvalue weighted by Gasteiger charge is 2.23. The van der Waals surface area contributed by atoms with Crippen LogP contribution in [0.3, 0.4) is 0 Å². The predicted molar refractivity (Wildman–Crippen MR) is 118 cm³/mol. The molecule has 4 aromatic rings. The highest BCUT2D eigenvalue weighted by atomic mass is 16.5. The van der Waals surface area contributed by atoms with E-state index in [1.165, 1.54) is 0 Å². The van der Waals surface area contributed by atoms with Gasteiger partial charge in [-0.3, -0.25) is 10.1 Å². The maximum absolute atomic E-state index is 13.0. The van der Waals surface area contributed by atoms with Crippen LogP contribution in [0.15, 0.2) is 84.9 Å². The molecule has 4 rings (SSSR count). The summed E-state index contributed by atoms with van der Waals surface area (Å²) in [6, 6.07) is 25.5. The average Bonchev–Trinajstić information content (AvgIpc) is 3.21. The van der Waals surface area contributed by atoms with Crippen molar-refractivity contribution in [2.75, 3.05) is 5.32 Å². The molecule has 3 N–H and O–H groups in total. The Labute approximate surface area is 179 Å². The summed E-state index contributed by atoms with van der Waals surface area (Å²) in [6.07, 6.45) is -0.350. The molecule has 7 nitrogen and oxygen atoms in total. The maximum Gasteiger partial charge on any atom is 0.408 e. The molecule has 0 aliphatic rings. The lowest BCUT2D eigenvalue weighted by atomic mass is 10.1. The van der Waals surface area contributed by atoms with E-state index >= 15 is 0 Å².